The third-order valence-electron chi connectivity index (χ3n) is 3.27. The molecule has 0 radical (unpaired) electrons. The highest BCUT2D eigenvalue weighted by molar-refractivity contribution is 9.10. The normalized spacial score (nSPS) is 12.3. The summed E-state index contributed by atoms with van der Waals surface area (Å²) in [6.45, 7) is 0. The highest BCUT2D eigenvalue weighted by atomic mass is 79.9. The van der Waals surface area contributed by atoms with Crippen LogP contribution < -0.4 is 0 Å². The zero-order valence-corrected chi connectivity index (χ0v) is 16.5. The van der Waals surface area contributed by atoms with E-state index in [9.17, 15) is 4.21 Å². The Bertz CT molecular complexity index is 895. The molecule has 0 aliphatic carbocycles. The van der Waals surface area contributed by atoms with Crippen molar-refractivity contribution in [2.45, 2.75) is 5.75 Å². The quantitative estimate of drug-likeness (QED) is 0.290. The first-order chi connectivity index (χ1) is 11.0. The molecule has 0 bridgehead atoms. The van der Waals surface area contributed by atoms with E-state index < -0.39 is 11.1 Å². The lowest BCUT2D eigenvalue weighted by Gasteiger charge is -2.05. The Balaban J connectivity index is 2.02. The Morgan fingerprint density at radius 1 is 1.00 bits per heavy atom. The molecule has 1 aromatic heterocycles. The summed E-state index contributed by atoms with van der Waals surface area (Å²) in [5, 5.41) is 0. The minimum atomic E-state index is -1.82. The molecule has 7 heteroatoms. The summed E-state index contributed by atoms with van der Waals surface area (Å²) in [5.41, 5.74) is 4.11. The summed E-state index contributed by atoms with van der Waals surface area (Å²) in [4.78, 5) is 1.14. The predicted molar refractivity (Wildman–Crippen MR) is 106 cm³/mol. The van der Waals surface area contributed by atoms with Gasteiger partial charge in [-0.05, 0) is 28.8 Å². The predicted octanol–water partition coefficient (Wildman–Crippen LogP) is 6.36. The largest absolute Gasteiger partial charge is 0.306 e. The van der Waals surface area contributed by atoms with Gasteiger partial charge in [-0.3, -0.25) is 0 Å². The van der Waals surface area contributed by atoms with Crippen molar-refractivity contribution < 1.29 is 8.76 Å². The van der Waals surface area contributed by atoms with Crippen LogP contribution in [0.25, 0.3) is 21.6 Å². The second kappa shape index (κ2) is 7.46. The zero-order chi connectivity index (χ0) is 16.4. The summed E-state index contributed by atoms with van der Waals surface area (Å²) in [6, 6.07) is 15.9. The van der Waals surface area contributed by atoms with Gasteiger partial charge in [0.25, 0.3) is 0 Å². The maximum absolute atomic E-state index is 10.9. The number of rotatable bonds is 4. The van der Waals surface area contributed by atoms with Crippen molar-refractivity contribution >= 4 is 59.9 Å². The van der Waals surface area contributed by atoms with Crippen LogP contribution in [0.3, 0.4) is 0 Å². The van der Waals surface area contributed by atoms with Gasteiger partial charge in [0, 0.05) is 10.0 Å². The first-order valence-electron chi connectivity index (χ1n) is 6.60. The van der Waals surface area contributed by atoms with E-state index in [-0.39, 0.29) is 5.75 Å². The van der Waals surface area contributed by atoms with E-state index in [0.717, 1.165) is 35.4 Å². The minimum Gasteiger partial charge on any atom is -0.306 e. The maximum atomic E-state index is 10.9. The average molecular weight is 443 g/mol. The molecule has 1 unspecified atom stereocenters. The molecule has 0 spiro atoms. The summed E-state index contributed by atoms with van der Waals surface area (Å²) in [7, 11) is 3.26. The van der Waals surface area contributed by atoms with Gasteiger partial charge < -0.3 is 4.55 Å². The molecule has 1 atom stereocenters. The van der Waals surface area contributed by atoms with Crippen LogP contribution in [-0.2, 0) is 16.8 Å². The molecule has 2 aromatic carbocycles. The second-order valence-electron chi connectivity index (χ2n) is 4.83. The number of hydrogen-bond acceptors (Lipinski definition) is 4. The minimum absolute atomic E-state index is 0.152. The van der Waals surface area contributed by atoms with Gasteiger partial charge in [0.05, 0.1) is 10.6 Å². The monoisotopic (exact) mass is 442 g/mol. The van der Waals surface area contributed by atoms with Gasteiger partial charge in [-0.2, -0.15) is 0 Å². The molecule has 118 valence electrons. The van der Waals surface area contributed by atoms with E-state index >= 15 is 0 Å². The molecule has 2 nitrogen and oxygen atoms in total. The lowest BCUT2D eigenvalue weighted by Crippen LogP contribution is -1.92. The standard InChI is InChI=1S/C16H11BrO2S4/c17-13-7-5-11(6-8-13)14-15(21-22-16(14)20)12-3-1-10(2-4-12)9-23(18)19/h1-8H,9H2,(H,18,19). The van der Waals surface area contributed by atoms with Gasteiger partial charge in [0.15, 0.2) is 11.1 Å². The summed E-state index contributed by atoms with van der Waals surface area (Å²) in [6.07, 6.45) is 0. The smallest absolute Gasteiger partial charge is 0.157 e. The van der Waals surface area contributed by atoms with Gasteiger partial charge in [0.1, 0.15) is 3.82 Å². The zero-order valence-electron chi connectivity index (χ0n) is 11.7. The highest BCUT2D eigenvalue weighted by Crippen LogP contribution is 2.41. The summed E-state index contributed by atoms with van der Waals surface area (Å²) < 4.78 is 21.8. The first kappa shape index (κ1) is 17.1. The van der Waals surface area contributed by atoms with Crippen molar-refractivity contribution in [2.75, 3.05) is 0 Å². The molecule has 0 fully saturated rings. The Kier molecular flexibility index (Phi) is 5.56. The van der Waals surface area contributed by atoms with Gasteiger partial charge in [0.2, 0.25) is 0 Å². The molecule has 0 aliphatic heterocycles. The Morgan fingerprint density at radius 2 is 1.61 bits per heavy atom. The SMILES string of the molecule is O=S(O)Cc1ccc(-c2ssc(=S)c2-c2ccc(Br)cc2)cc1. The van der Waals surface area contributed by atoms with E-state index in [1.54, 1.807) is 20.7 Å². The molecule has 0 saturated heterocycles. The third kappa shape index (κ3) is 4.04. The Morgan fingerprint density at radius 3 is 2.22 bits per heavy atom. The number of halogens is 1. The van der Waals surface area contributed by atoms with E-state index in [2.05, 4.69) is 28.1 Å². The van der Waals surface area contributed by atoms with E-state index in [0.29, 0.717) is 0 Å². The first-order valence-corrected chi connectivity index (χ1v) is 11.2. The van der Waals surface area contributed by atoms with E-state index in [1.807, 2.05) is 36.4 Å². The van der Waals surface area contributed by atoms with E-state index in [4.69, 9.17) is 16.8 Å². The van der Waals surface area contributed by atoms with Crippen LogP contribution in [0.1, 0.15) is 5.56 Å². The van der Waals surface area contributed by atoms with Crippen LogP contribution in [0.5, 0.6) is 0 Å². The van der Waals surface area contributed by atoms with Crippen LogP contribution in [0.4, 0.5) is 0 Å². The number of hydrogen-bond donors (Lipinski definition) is 1. The summed E-state index contributed by atoms with van der Waals surface area (Å²) in [5.74, 6) is 0.152. The molecule has 3 rings (SSSR count). The van der Waals surface area contributed by atoms with Crippen LogP contribution in [0, 0.1) is 3.82 Å². The van der Waals surface area contributed by atoms with Crippen molar-refractivity contribution in [1.29, 1.82) is 0 Å². The molecule has 0 aliphatic rings. The molecule has 0 amide bonds. The Labute approximate surface area is 157 Å². The number of benzene rings is 2. The van der Waals surface area contributed by atoms with Gasteiger partial charge in [-0.15, -0.1) is 0 Å². The molecular weight excluding hydrogens is 432 g/mol. The van der Waals surface area contributed by atoms with Crippen molar-refractivity contribution in [3.8, 4) is 21.6 Å². The second-order valence-corrected chi connectivity index (χ2v) is 9.49. The molecular formula is C16H11BrO2S4. The molecule has 1 heterocycles. The lowest BCUT2D eigenvalue weighted by atomic mass is 10.0. The lowest BCUT2D eigenvalue weighted by molar-refractivity contribution is 0.563. The molecule has 3 aromatic rings. The van der Waals surface area contributed by atoms with Gasteiger partial charge in [-0.1, -0.05) is 85.2 Å². The average Bonchev–Trinajstić information content (AvgIpc) is 2.90. The van der Waals surface area contributed by atoms with Crippen LogP contribution >= 0.6 is 48.8 Å². The van der Waals surface area contributed by atoms with E-state index in [1.165, 1.54) is 0 Å². The van der Waals surface area contributed by atoms with Crippen LogP contribution in [-0.4, -0.2) is 8.76 Å². The van der Waals surface area contributed by atoms with Crippen LogP contribution in [0.15, 0.2) is 53.0 Å². The molecule has 0 saturated carbocycles. The topological polar surface area (TPSA) is 37.3 Å². The Hall–Kier alpha value is -0.700. The van der Waals surface area contributed by atoms with Crippen molar-refractivity contribution in [1.82, 2.24) is 0 Å². The van der Waals surface area contributed by atoms with Crippen molar-refractivity contribution in [3.05, 3.63) is 62.4 Å². The van der Waals surface area contributed by atoms with Crippen molar-refractivity contribution in [3.63, 3.8) is 0 Å². The fourth-order valence-corrected chi connectivity index (χ4v) is 5.87. The van der Waals surface area contributed by atoms with Crippen molar-refractivity contribution in [2.24, 2.45) is 0 Å². The van der Waals surface area contributed by atoms with Crippen LogP contribution in [0.2, 0.25) is 0 Å². The van der Waals surface area contributed by atoms with Gasteiger partial charge in [-0.25, -0.2) is 4.21 Å². The molecule has 1 N–H and O–H groups in total. The fraction of sp³-hybridized carbons (Fsp3) is 0.0625. The summed E-state index contributed by atoms with van der Waals surface area (Å²) >= 11 is 7.15. The van der Waals surface area contributed by atoms with Gasteiger partial charge >= 0.3 is 0 Å². The maximum Gasteiger partial charge on any atom is 0.157 e. The fourth-order valence-electron chi connectivity index (χ4n) is 2.21. The third-order valence-corrected chi connectivity index (χ3v) is 7.45. The molecule has 23 heavy (non-hydrogen) atoms. The highest BCUT2D eigenvalue weighted by Gasteiger charge is 2.13.